The Morgan fingerprint density at radius 3 is 2.74 bits per heavy atom. The molecule has 1 aromatic carbocycles. The first kappa shape index (κ1) is 14.3. The molecule has 5 heteroatoms. The molecule has 0 aliphatic heterocycles. The zero-order chi connectivity index (χ0) is 13.3. The summed E-state index contributed by atoms with van der Waals surface area (Å²) in [6.07, 6.45) is 5.67. The number of rotatable bonds is 7. The van der Waals surface area contributed by atoms with Gasteiger partial charge in [-0.25, -0.2) is 9.97 Å². The first-order valence-corrected chi connectivity index (χ1v) is 7.90. The van der Waals surface area contributed by atoms with E-state index in [0.29, 0.717) is 0 Å². The third kappa shape index (κ3) is 5.61. The Hall–Kier alpha value is -1.07. The highest BCUT2D eigenvalue weighted by Crippen LogP contribution is 2.18. The van der Waals surface area contributed by atoms with Gasteiger partial charge < -0.3 is 4.74 Å². The number of aromatic nitrogens is 2. The van der Waals surface area contributed by atoms with Gasteiger partial charge in [0.2, 0.25) is 0 Å². The van der Waals surface area contributed by atoms with Crippen LogP contribution in [-0.2, 0) is 0 Å². The van der Waals surface area contributed by atoms with Crippen LogP contribution >= 0.6 is 27.7 Å². The van der Waals surface area contributed by atoms with E-state index in [1.54, 1.807) is 24.2 Å². The Labute approximate surface area is 125 Å². The maximum absolute atomic E-state index is 5.67. The number of hydrogen-bond donors (Lipinski definition) is 0. The van der Waals surface area contributed by atoms with Crippen LogP contribution in [0.4, 0.5) is 0 Å². The third-order valence-electron chi connectivity index (χ3n) is 2.38. The Balaban J connectivity index is 1.58. The van der Waals surface area contributed by atoms with Crippen LogP contribution in [0.5, 0.6) is 5.75 Å². The average Bonchev–Trinajstić information content (AvgIpc) is 2.44. The Kier molecular flexibility index (Phi) is 6.17. The molecule has 1 aromatic heterocycles. The van der Waals surface area contributed by atoms with Crippen molar-refractivity contribution in [3.05, 3.63) is 47.2 Å². The summed E-state index contributed by atoms with van der Waals surface area (Å²) >= 11 is 5.11. The lowest BCUT2D eigenvalue weighted by molar-refractivity contribution is 0.309. The minimum Gasteiger partial charge on any atom is -0.494 e. The summed E-state index contributed by atoms with van der Waals surface area (Å²) in [7, 11) is 0. The second-order valence-electron chi connectivity index (χ2n) is 3.89. The molecule has 0 saturated carbocycles. The van der Waals surface area contributed by atoms with Crippen molar-refractivity contribution in [1.82, 2.24) is 9.97 Å². The highest BCUT2D eigenvalue weighted by molar-refractivity contribution is 9.10. The summed E-state index contributed by atoms with van der Waals surface area (Å²) in [6.45, 7) is 0.743. The van der Waals surface area contributed by atoms with Gasteiger partial charge in [0.1, 0.15) is 5.75 Å². The fraction of sp³-hybridized carbons (Fsp3) is 0.286. The predicted molar refractivity (Wildman–Crippen MR) is 81.6 cm³/mol. The molecule has 0 unspecified atom stereocenters. The van der Waals surface area contributed by atoms with E-state index in [0.717, 1.165) is 40.6 Å². The minimum atomic E-state index is 0.743. The van der Waals surface area contributed by atoms with E-state index in [1.807, 2.05) is 30.3 Å². The van der Waals surface area contributed by atoms with E-state index in [1.165, 1.54) is 0 Å². The Bertz CT molecular complexity index is 496. The standard InChI is InChI=1S/C14H15BrN2OS/c15-12-5-3-6-13(11-12)18-9-1-2-10-19-14-16-7-4-8-17-14/h3-8,11H,1-2,9-10H2. The molecule has 0 radical (unpaired) electrons. The van der Waals surface area contributed by atoms with E-state index in [9.17, 15) is 0 Å². The van der Waals surface area contributed by atoms with Gasteiger partial charge >= 0.3 is 0 Å². The number of nitrogens with zero attached hydrogens (tertiary/aromatic N) is 2. The van der Waals surface area contributed by atoms with Gasteiger partial charge in [-0.1, -0.05) is 33.8 Å². The van der Waals surface area contributed by atoms with Gasteiger partial charge in [0.15, 0.2) is 5.16 Å². The van der Waals surface area contributed by atoms with Gasteiger partial charge in [-0.3, -0.25) is 0 Å². The Morgan fingerprint density at radius 2 is 1.95 bits per heavy atom. The van der Waals surface area contributed by atoms with Crippen molar-refractivity contribution in [2.24, 2.45) is 0 Å². The van der Waals surface area contributed by atoms with Gasteiger partial charge in [0.05, 0.1) is 6.61 Å². The van der Waals surface area contributed by atoms with Crippen LogP contribution in [0.25, 0.3) is 0 Å². The molecule has 3 nitrogen and oxygen atoms in total. The van der Waals surface area contributed by atoms with Crippen molar-refractivity contribution in [2.45, 2.75) is 18.0 Å². The molecule has 0 saturated heterocycles. The highest BCUT2D eigenvalue weighted by atomic mass is 79.9. The molecule has 0 aliphatic rings. The number of unbranched alkanes of at least 4 members (excludes halogenated alkanes) is 1. The van der Waals surface area contributed by atoms with Gasteiger partial charge in [0, 0.05) is 22.6 Å². The summed E-state index contributed by atoms with van der Waals surface area (Å²) in [5.74, 6) is 1.93. The first-order valence-electron chi connectivity index (χ1n) is 6.13. The van der Waals surface area contributed by atoms with Crippen molar-refractivity contribution in [3.8, 4) is 5.75 Å². The quantitative estimate of drug-likeness (QED) is 0.430. The van der Waals surface area contributed by atoms with Crippen molar-refractivity contribution >= 4 is 27.7 Å². The van der Waals surface area contributed by atoms with Gasteiger partial charge in [-0.15, -0.1) is 0 Å². The lowest BCUT2D eigenvalue weighted by Gasteiger charge is -2.06. The van der Waals surface area contributed by atoms with Crippen LogP contribution in [0.1, 0.15) is 12.8 Å². The molecule has 0 N–H and O–H groups in total. The molecule has 2 aromatic rings. The Morgan fingerprint density at radius 1 is 1.11 bits per heavy atom. The summed E-state index contributed by atoms with van der Waals surface area (Å²) in [6, 6.07) is 9.74. The van der Waals surface area contributed by atoms with E-state index < -0.39 is 0 Å². The second-order valence-corrected chi connectivity index (χ2v) is 5.87. The van der Waals surface area contributed by atoms with Crippen LogP contribution < -0.4 is 4.74 Å². The van der Waals surface area contributed by atoms with Crippen molar-refractivity contribution in [3.63, 3.8) is 0 Å². The highest BCUT2D eigenvalue weighted by Gasteiger charge is 1.97. The molecule has 0 bridgehead atoms. The van der Waals surface area contributed by atoms with Crippen molar-refractivity contribution < 1.29 is 4.74 Å². The molecule has 0 fully saturated rings. The number of halogens is 1. The van der Waals surface area contributed by atoms with Crippen LogP contribution in [0, 0.1) is 0 Å². The summed E-state index contributed by atoms with van der Waals surface area (Å²) in [5.41, 5.74) is 0. The lowest BCUT2D eigenvalue weighted by Crippen LogP contribution is -1.98. The maximum atomic E-state index is 5.67. The molecule has 0 aliphatic carbocycles. The van der Waals surface area contributed by atoms with E-state index in [4.69, 9.17) is 4.74 Å². The molecule has 2 rings (SSSR count). The summed E-state index contributed by atoms with van der Waals surface area (Å²) in [4.78, 5) is 8.34. The van der Waals surface area contributed by atoms with Gasteiger partial charge in [-0.05, 0) is 37.1 Å². The lowest BCUT2D eigenvalue weighted by atomic mass is 10.3. The number of ether oxygens (including phenoxy) is 1. The molecule has 19 heavy (non-hydrogen) atoms. The molecule has 0 atom stereocenters. The fourth-order valence-corrected chi connectivity index (χ4v) is 2.65. The maximum Gasteiger partial charge on any atom is 0.187 e. The zero-order valence-electron chi connectivity index (χ0n) is 10.5. The van der Waals surface area contributed by atoms with Crippen LogP contribution in [-0.4, -0.2) is 22.3 Å². The van der Waals surface area contributed by atoms with E-state index in [-0.39, 0.29) is 0 Å². The topological polar surface area (TPSA) is 35.0 Å². The van der Waals surface area contributed by atoms with E-state index in [2.05, 4.69) is 25.9 Å². The zero-order valence-corrected chi connectivity index (χ0v) is 12.9. The van der Waals surface area contributed by atoms with Crippen LogP contribution in [0.2, 0.25) is 0 Å². The molecular formula is C14H15BrN2OS. The van der Waals surface area contributed by atoms with Crippen LogP contribution in [0.15, 0.2) is 52.4 Å². The first-order chi connectivity index (χ1) is 9.34. The molecule has 100 valence electrons. The normalized spacial score (nSPS) is 10.4. The second kappa shape index (κ2) is 8.17. The fourth-order valence-electron chi connectivity index (χ4n) is 1.47. The molecular weight excluding hydrogens is 324 g/mol. The third-order valence-corrected chi connectivity index (χ3v) is 3.83. The van der Waals surface area contributed by atoms with Crippen molar-refractivity contribution in [2.75, 3.05) is 12.4 Å². The molecule has 1 heterocycles. The average molecular weight is 339 g/mol. The van der Waals surface area contributed by atoms with E-state index >= 15 is 0 Å². The number of benzene rings is 1. The smallest absolute Gasteiger partial charge is 0.187 e. The summed E-state index contributed by atoms with van der Waals surface area (Å²) < 4.78 is 6.71. The van der Waals surface area contributed by atoms with Crippen LogP contribution in [0.3, 0.4) is 0 Å². The van der Waals surface area contributed by atoms with Gasteiger partial charge in [0.25, 0.3) is 0 Å². The number of hydrogen-bond acceptors (Lipinski definition) is 4. The monoisotopic (exact) mass is 338 g/mol. The van der Waals surface area contributed by atoms with Gasteiger partial charge in [-0.2, -0.15) is 0 Å². The molecule has 0 amide bonds. The predicted octanol–water partition coefficient (Wildman–Crippen LogP) is 4.19. The van der Waals surface area contributed by atoms with Crippen molar-refractivity contribution in [1.29, 1.82) is 0 Å². The molecule has 0 spiro atoms. The number of thioether (sulfide) groups is 1. The minimum absolute atomic E-state index is 0.743. The summed E-state index contributed by atoms with van der Waals surface area (Å²) in [5, 5.41) is 0.843. The SMILES string of the molecule is Brc1cccc(OCCCCSc2ncccn2)c1. The largest absolute Gasteiger partial charge is 0.494 e.